The maximum atomic E-state index is 12.6. The van der Waals surface area contributed by atoms with Crippen molar-refractivity contribution < 1.29 is 14.3 Å². The Balaban J connectivity index is 1.50. The minimum Gasteiger partial charge on any atom is -0.494 e. The lowest BCUT2D eigenvalue weighted by Gasteiger charge is -2.16. The molecule has 2 aromatic carbocycles. The number of hydrogen-bond donors (Lipinski definition) is 3. The van der Waals surface area contributed by atoms with E-state index in [1.54, 1.807) is 0 Å². The Labute approximate surface area is 179 Å². The first kappa shape index (κ1) is 22.1. The molecule has 0 bridgehead atoms. The van der Waals surface area contributed by atoms with Crippen molar-refractivity contribution in [1.29, 1.82) is 0 Å². The second kappa shape index (κ2) is 11.6. The zero-order valence-corrected chi connectivity index (χ0v) is 17.9. The first-order valence-electron chi connectivity index (χ1n) is 10.9. The normalized spacial score (nSPS) is 18.2. The van der Waals surface area contributed by atoms with Crippen LogP contribution >= 0.6 is 0 Å². The van der Waals surface area contributed by atoms with Gasteiger partial charge >= 0.3 is 0 Å². The van der Waals surface area contributed by atoms with Crippen molar-refractivity contribution >= 4 is 5.91 Å². The number of unbranched alkanes of at least 4 members (excludes halogenated alkanes) is 1. The number of carbonyl (C=O) groups excluding carboxylic acids is 1. The number of carbonyl (C=O) groups is 1. The van der Waals surface area contributed by atoms with Crippen molar-refractivity contribution in [3.05, 3.63) is 59.7 Å². The van der Waals surface area contributed by atoms with Crippen molar-refractivity contribution in [3.63, 3.8) is 0 Å². The van der Waals surface area contributed by atoms with Gasteiger partial charge in [0.25, 0.3) is 0 Å². The molecule has 0 saturated carbocycles. The van der Waals surface area contributed by atoms with Crippen LogP contribution in [-0.2, 0) is 11.3 Å². The van der Waals surface area contributed by atoms with E-state index in [-0.39, 0.29) is 18.0 Å². The van der Waals surface area contributed by atoms with Crippen LogP contribution in [0.2, 0.25) is 0 Å². The third-order valence-electron chi connectivity index (χ3n) is 5.13. The minimum absolute atomic E-state index is 0.0132. The Morgan fingerprint density at radius 3 is 2.57 bits per heavy atom. The van der Waals surface area contributed by atoms with Crippen LogP contribution in [0.15, 0.2) is 48.5 Å². The molecular weight excluding hydrogens is 378 g/mol. The maximum Gasteiger partial charge on any atom is 0.238 e. The van der Waals surface area contributed by atoms with Crippen LogP contribution in [0.1, 0.15) is 56.7 Å². The van der Waals surface area contributed by atoms with Crippen molar-refractivity contribution in [1.82, 2.24) is 16.2 Å². The Hall–Kier alpha value is -2.57. The summed E-state index contributed by atoms with van der Waals surface area (Å²) in [7, 11) is 0. The van der Waals surface area contributed by atoms with Gasteiger partial charge in [0.2, 0.25) is 5.91 Å². The van der Waals surface area contributed by atoms with E-state index in [0.717, 1.165) is 41.9 Å². The summed E-state index contributed by atoms with van der Waals surface area (Å²) in [5.74, 6) is 1.73. The van der Waals surface area contributed by atoms with Gasteiger partial charge in [-0.25, -0.2) is 10.9 Å². The Kier molecular flexibility index (Phi) is 8.53. The number of nitrogens with one attached hydrogen (secondary N) is 3. The average Bonchev–Trinajstić information content (AvgIpc) is 3.27. The number of benzene rings is 2. The van der Waals surface area contributed by atoms with Crippen LogP contribution in [0.4, 0.5) is 0 Å². The van der Waals surface area contributed by atoms with E-state index < -0.39 is 0 Å². The van der Waals surface area contributed by atoms with Gasteiger partial charge in [-0.15, -0.1) is 0 Å². The van der Waals surface area contributed by atoms with Crippen LogP contribution in [0.5, 0.6) is 11.5 Å². The molecule has 0 radical (unpaired) electrons. The first-order chi connectivity index (χ1) is 14.7. The summed E-state index contributed by atoms with van der Waals surface area (Å²) in [4.78, 5) is 12.6. The van der Waals surface area contributed by atoms with Gasteiger partial charge in [0.1, 0.15) is 17.5 Å². The van der Waals surface area contributed by atoms with Gasteiger partial charge in [-0.3, -0.25) is 4.79 Å². The SMILES string of the molecule is CCCCOc1ccccc1C1CC(C(=O)NCc2ccc(OCCC)cc2)NN1. The lowest BCUT2D eigenvalue weighted by Crippen LogP contribution is -2.42. The van der Waals surface area contributed by atoms with Crippen molar-refractivity contribution in [3.8, 4) is 11.5 Å². The quantitative estimate of drug-likeness (QED) is 0.490. The molecule has 1 heterocycles. The third kappa shape index (κ3) is 6.21. The number of hydrazine groups is 1. The van der Waals surface area contributed by atoms with Gasteiger partial charge in [-0.1, -0.05) is 50.6 Å². The highest BCUT2D eigenvalue weighted by Crippen LogP contribution is 2.30. The van der Waals surface area contributed by atoms with Gasteiger partial charge in [-0.2, -0.15) is 0 Å². The molecule has 30 heavy (non-hydrogen) atoms. The van der Waals surface area contributed by atoms with E-state index in [0.29, 0.717) is 26.2 Å². The van der Waals surface area contributed by atoms with Gasteiger partial charge in [-0.05, 0) is 43.0 Å². The van der Waals surface area contributed by atoms with Gasteiger partial charge in [0, 0.05) is 12.1 Å². The number of para-hydroxylation sites is 1. The molecule has 0 aromatic heterocycles. The summed E-state index contributed by atoms with van der Waals surface area (Å²) in [6.07, 6.45) is 3.78. The lowest BCUT2D eigenvalue weighted by atomic mass is 10.0. The highest BCUT2D eigenvalue weighted by atomic mass is 16.5. The molecule has 2 atom stereocenters. The molecule has 3 rings (SSSR count). The zero-order valence-electron chi connectivity index (χ0n) is 17.9. The smallest absolute Gasteiger partial charge is 0.238 e. The molecule has 1 fully saturated rings. The molecule has 1 saturated heterocycles. The Morgan fingerprint density at radius 1 is 1.00 bits per heavy atom. The molecule has 6 nitrogen and oxygen atoms in total. The lowest BCUT2D eigenvalue weighted by molar-refractivity contribution is -0.123. The fraction of sp³-hybridized carbons (Fsp3) is 0.458. The third-order valence-corrected chi connectivity index (χ3v) is 5.13. The zero-order chi connectivity index (χ0) is 21.2. The fourth-order valence-electron chi connectivity index (χ4n) is 3.39. The van der Waals surface area contributed by atoms with E-state index in [1.165, 1.54) is 0 Å². The predicted molar refractivity (Wildman–Crippen MR) is 118 cm³/mol. The van der Waals surface area contributed by atoms with Gasteiger partial charge < -0.3 is 14.8 Å². The van der Waals surface area contributed by atoms with E-state index in [4.69, 9.17) is 9.47 Å². The van der Waals surface area contributed by atoms with E-state index >= 15 is 0 Å². The highest BCUT2D eigenvalue weighted by molar-refractivity contribution is 5.82. The molecule has 6 heteroatoms. The average molecular weight is 412 g/mol. The Morgan fingerprint density at radius 2 is 1.80 bits per heavy atom. The molecule has 0 spiro atoms. The van der Waals surface area contributed by atoms with E-state index in [2.05, 4.69) is 36.1 Å². The molecule has 2 unspecified atom stereocenters. The number of amides is 1. The van der Waals surface area contributed by atoms with Crippen molar-refractivity contribution in [2.45, 2.75) is 58.2 Å². The summed E-state index contributed by atoms with van der Waals surface area (Å²) < 4.78 is 11.5. The number of hydrogen-bond acceptors (Lipinski definition) is 5. The minimum atomic E-state index is -0.286. The monoisotopic (exact) mass is 411 g/mol. The standard InChI is InChI=1S/C24H33N3O3/c1-3-5-15-30-23-9-7-6-8-20(23)21-16-22(27-26-21)24(28)25-17-18-10-12-19(13-11-18)29-14-4-2/h6-13,21-22,26-27H,3-5,14-17H2,1-2H3,(H,25,28). The fourth-order valence-corrected chi connectivity index (χ4v) is 3.39. The van der Waals surface area contributed by atoms with E-state index in [1.807, 2.05) is 42.5 Å². The van der Waals surface area contributed by atoms with E-state index in [9.17, 15) is 4.79 Å². The topological polar surface area (TPSA) is 71.6 Å². The molecular formula is C24H33N3O3. The first-order valence-corrected chi connectivity index (χ1v) is 10.9. The maximum absolute atomic E-state index is 12.6. The highest BCUT2D eigenvalue weighted by Gasteiger charge is 2.31. The summed E-state index contributed by atoms with van der Waals surface area (Å²) in [5.41, 5.74) is 8.51. The van der Waals surface area contributed by atoms with Gasteiger partial charge in [0.15, 0.2) is 0 Å². The van der Waals surface area contributed by atoms with Crippen LogP contribution < -0.4 is 25.6 Å². The van der Waals surface area contributed by atoms with Crippen molar-refractivity contribution in [2.75, 3.05) is 13.2 Å². The predicted octanol–water partition coefficient (Wildman–Crippen LogP) is 3.88. The summed E-state index contributed by atoms with van der Waals surface area (Å²) >= 11 is 0. The number of ether oxygens (including phenoxy) is 2. The van der Waals surface area contributed by atoms with Crippen LogP contribution in [0, 0.1) is 0 Å². The molecule has 3 N–H and O–H groups in total. The molecule has 1 amide bonds. The summed E-state index contributed by atoms with van der Waals surface area (Å²) in [5, 5.41) is 3.02. The second-order valence-electron chi connectivity index (χ2n) is 7.58. The molecule has 2 aromatic rings. The number of rotatable bonds is 11. The summed E-state index contributed by atoms with van der Waals surface area (Å²) in [6, 6.07) is 15.6. The molecule has 1 aliphatic rings. The molecule has 1 aliphatic heterocycles. The van der Waals surface area contributed by atoms with Crippen LogP contribution in [0.25, 0.3) is 0 Å². The molecule has 0 aliphatic carbocycles. The summed E-state index contributed by atoms with van der Waals surface area (Å²) in [6.45, 7) is 6.14. The molecule has 162 valence electrons. The second-order valence-corrected chi connectivity index (χ2v) is 7.58. The van der Waals surface area contributed by atoms with Crippen LogP contribution in [-0.4, -0.2) is 25.2 Å². The Bertz CT molecular complexity index is 795. The van der Waals surface area contributed by atoms with Crippen LogP contribution in [0.3, 0.4) is 0 Å². The van der Waals surface area contributed by atoms with Crippen molar-refractivity contribution in [2.24, 2.45) is 0 Å². The largest absolute Gasteiger partial charge is 0.494 e. The van der Waals surface area contributed by atoms with Gasteiger partial charge in [0.05, 0.1) is 19.3 Å².